The lowest BCUT2D eigenvalue weighted by Gasteiger charge is -2.35. The number of aryl methyl sites for hydroxylation is 1. The maximum Gasteiger partial charge on any atom is 0.322 e. The van der Waals surface area contributed by atoms with Gasteiger partial charge in [-0.15, -0.1) is 0 Å². The zero-order valence-electron chi connectivity index (χ0n) is 15.9. The van der Waals surface area contributed by atoms with Crippen molar-refractivity contribution in [3.05, 3.63) is 88.6 Å². The van der Waals surface area contributed by atoms with Crippen molar-refractivity contribution in [1.29, 1.82) is 0 Å². The van der Waals surface area contributed by atoms with Gasteiger partial charge in [-0.3, -0.25) is 9.69 Å². The lowest BCUT2D eigenvalue weighted by molar-refractivity contribution is -0.111. The summed E-state index contributed by atoms with van der Waals surface area (Å²) in [5.74, 6) is -0.0969. The van der Waals surface area contributed by atoms with Crippen molar-refractivity contribution in [2.24, 2.45) is 0 Å². The number of nitrogens with one attached hydrogen (secondary N) is 1. The molecule has 2 aromatic carbocycles. The lowest BCUT2D eigenvalue weighted by Crippen LogP contribution is -2.47. The topological polar surface area (TPSA) is 49.4 Å². The number of hydrogen-bond donors (Lipinski definition) is 1. The minimum atomic E-state index is -0.448. The van der Waals surface area contributed by atoms with E-state index in [-0.39, 0.29) is 11.8 Å². The van der Waals surface area contributed by atoms with Crippen molar-refractivity contribution in [2.45, 2.75) is 26.8 Å². The Bertz CT molecular complexity index is 896. The van der Waals surface area contributed by atoms with Crippen molar-refractivity contribution >= 4 is 17.9 Å². The summed E-state index contributed by atoms with van der Waals surface area (Å²) in [6.45, 7) is 6.28. The minimum absolute atomic E-state index is 0.0969. The van der Waals surface area contributed by atoms with Gasteiger partial charge in [-0.1, -0.05) is 66.2 Å². The molecular weight excluding hydrogens is 336 g/mol. The zero-order chi connectivity index (χ0) is 19.4. The van der Waals surface area contributed by atoms with Crippen LogP contribution in [0.2, 0.25) is 0 Å². The number of rotatable bonds is 5. The second-order valence-electron chi connectivity index (χ2n) is 6.64. The standard InChI is InChI=1S/C23H24N2O2/c1-4-25-17(3)21(20(26)15-14-18-12-10-16(2)11-13-18)22(24-23(25)27)19-8-6-5-7-9-19/h5-15,22H,4H2,1-3H3,(H,24,27). The smallest absolute Gasteiger partial charge is 0.322 e. The summed E-state index contributed by atoms with van der Waals surface area (Å²) in [6.07, 6.45) is 3.40. The molecule has 0 bridgehead atoms. The SMILES string of the molecule is CCN1C(=O)NC(c2ccccc2)C(C(=O)C=Cc2ccc(C)cc2)=C1C. The highest BCUT2D eigenvalue weighted by Gasteiger charge is 2.33. The highest BCUT2D eigenvalue weighted by atomic mass is 16.2. The Morgan fingerprint density at radius 1 is 1.07 bits per heavy atom. The Morgan fingerprint density at radius 3 is 2.37 bits per heavy atom. The van der Waals surface area contributed by atoms with E-state index >= 15 is 0 Å². The monoisotopic (exact) mass is 360 g/mol. The van der Waals surface area contributed by atoms with Crippen molar-refractivity contribution in [3.63, 3.8) is 0 Å². The highest BCUT2D eigenvalue weighted by Crippen LogP contribution is 2.31. The molecule has 0 aromatic heterocycles. The third kappa shape index (κ3) is 4.00. The van der Waals surface area contributed by atoms with E-state index in [1.165, 1.54) is 5.56 Å². The first kappa shape index (κ1) is 18.6. The first-order valence-corrected chi connectivity index (χ1v) is 9.14. The molecule has 0 radical (unpaired) electrons. The number of amides is 2. The highest BCUT2D eigenvalue weighted by molar-refractivity contribution is 6.09. The van der Waals surface area contributed by atoms with Gasteiger partial charge in [0.25, 0.3) is 0 Å². The molecule has 0 spiro atoms. The van der Waals surface area contributed by atoms with Crippen LogP contribution in [0.25, 0.3) is 6.08 Å². The van der Waals surface area contributed by atoms with Crippen LogP contribution in [-0.4, -0.2) is 23.3 Å². The van der Waals surface area contributed by atoms with Crippen LogP contribution < -0.4 is 5.32 Å². The number of allylic oxidation sites excluding steroid dienone is 2. The van der Waals surface area contributed by atoms with Crippen molar-refractivity contribution in [1.82, 2.24) is 10.2 Å². The lowest BCUT2D eigenvalue weighted by atomic mass is 9.91. The minimum Gasteiger partial charge on any atom is -0.327 e. The number of carbonyl (C=O) groups excluding carboxylic acids is 2. The van der Waals surface area contributed by atoms with Gasteiger partial charge >= 0.3 is 6.03 Å². The van der Waals surface area contributed by atoms with Crippen LogP contribution in [0.4, 0.5) is 4.79 Å². The Balaban J connectivity index is 1.98. The second-order valence-corrected chi connectivity index (χ2v) is 6.64. The summed E-state index contributed by atoms with van der Waals surface area (Å²) >= 11 is 0. The molecule has 3 rings (SSSR count). The van der Waals surface area contributed by atoms with Gasteiger partial charge in [0.15, 0.2) is 5.78 Å². The number of hydrogen-bond acceptors (Lipinski definition) is 2. The van der Waals surface area contributed by atoms with Gasteiger partial charge in [-0.25, -0.2) is 4.79 Å². The largest absolute Gasteiger partial charge is 0.327 e. The van der Waals surface area contributed by atoms with Crippen LogP contribution in [-0.2, 0) is 4.79 Å². The molecule has 0 saturated heterocycles. The van der Waals surface area contributed by atoms with Gasteiger partial charge < -0.3 is 5.32 Å². The molecule has 138 valence electrons. The molecular formula is C23H24N2O2. The number of carbonyl (C=O) groups is 2. The maximum absolute atomic E-state index is 13.1. The fourth-order valence-electron chi connectivity index (χ4n) is 3.32. The molecule has 1 aliphatic heterocycles. The van der Waals surface area contributed by atoms with Gasteiger partial charge in [0.1, 0.15) is 0 Å². The molecule has 0 saturated carbocycles. The van der Waals surface area contributed by atoms with Crippen LogP contribution in [0, 0.1) is 6.92 Å². The summed E-state index contributed by atoms with van der Waals surface area (Å²) < 4.78 is 0. The van der Waals surface area contributed by atoms with Gasteiger partial charge in [-0.05, 0) is 38.0 Å². The van der Waals surface area contributed by atoms with E-state index in [1.807, 2.05) is 81.4 Å². The quantitative estimate of drug-likeness (QED) is 0.790. The molecule has 2 amide bonds. The number of urea groups is 1. The average molecular weight is 360 g/mol. The van der Waals surface area contributed by atoms with Gasteiger partial charge in [0.2, 0.25) is 0 Å². The molecule has 1 heterocycles. The maximum atomic E-state index is 13.1. The van der Waals surface area contributed by atoms with Crippen molar-refractivity contribution < 1.29 is 9.59 Å². The van der Waals surface area contributed by atoms with E-state index in [9.17, 15) is 9.59 Å². The molecule has 4 nitrogen and oxygen atoms in total. The van der Waals surface area contributed by atoms with E-state index in [1.54, 1.807) is 11.0 Å². The number of benzene rings is 2. The van der Waals surface area contributed by atoms with E-state index in [2.05, 4.69) is 5.32 Å². The molecule has 0 fully saturated rings. The molecule has 2 aromatic rings. The van der Waals surface area contributed by atoms with Gasteiger partial charge in [-0.2, -0.15) is 0 Å². The molecule has 27 heavy (non-hydrogen) atoms. The van der Waals surface area contributed by atoms with E-state index in [0.717, 1.165) is 11.1 Å². The first-order chi connectivity index (χ1) is 13.0. The number of nitrogens with zero attached hydrogens (tertiary/aromatic N) is 1. The van der Waals surface area contributed by atoms with Crippen LogP contribution in [0.3, 0.4) is 0 Å². The van der Waals surface area contributed by atoms with Crippen molar-refractivity contribution in [2.75, 3.05) is 6.54 Å². The molecule has 1 unspecified atom stereocenters. The van der Waals surface area contributed by atoms with Crippen LogP contribution in [0.5, 0.6) is 0 Å². The normalized spacial score (nSPS) is 17.4. The van der Waals surface area contributed by atoms with Gasteiger partial charge in [0.05, 0.1) is 6.04 Å². The van der Waals surface area contributed by atoms with Crippen LogP contribution in [0.15, 0.2) is 71.9 Å². The summed E-state index contributed by atoms with van der Waals surface area (Å²) in [6, 6.07) is 17.0. The fraction of sp³-hybridized carbons (Fsp3) is 0.217. The van der Waals surface area contributed by atoms with Gasteiger partial charge in [0, 0.05) is 17.8 Å². The third-order valence-corrected chi connectivity index (χ3v) is 4.82. The zero-order valence-corrected chi connectivity index (χ0v) is 15.9. The Hall–Kier alpha value is -3.14. The Kier molecular flexibility index (Phi) is 5.55. The van der Waals surface area contributed by atoms with E-state index in [4.69, 9.17) is 0 Å². The molecule has 0 aliphatic carbocycles. The molecule has 1 aliphatic rings. The summed E-state index contributed by atoms with van der Waals surface area (Å²) in [4.78, 5) is 27.1. The van der Waals surface area contributed by atoms with Crippen LogP contribution >= 0.6 is 0 Å². The summed E-state index contributed by atoms with van der Waals surface area (Å²) in [5, 5.41) is 2.98. The van der Waals surface area contributed by atoms with Crippen LogP contribution in [0.1, 0.15) is 36.6 Å². The van der Waals surface area contributed by atoms with E-state index < -0.39 is 6.04 Å². The molecule has 1 atom stereocenters. The number of ketones is 1. The third-order valence-electron chi connectivity index (χ3n) is 4.82. The predicted molar refractivity (Wildman–Crippen MR) is 108 cm³/mol. The summed E-state index contributed by atoms with van der Waals surface area (Å²) in [5.41, 5.74) is 4.35. The molecule has 1 N–H and O–H groups in total. The Morgan fingerprint density at radius 2 is 1.74 bits per heavy atom. The second kappa shape index (κ2) is 8.04. The summed E-state index contributed by atoms with van der Waals surface area (Å²) in [7, 11) is 0. The molecule has 4 heteroatoms. The predicted octanol–water partition coefficient (Wildman–Crippen LogP) is 4.64. The first-order valence-electron chi connectivity index (χ1n) is 9.14. The average Bonchev–Trinajstić information content (AvgIpc) is 2.68. The Labute approximate surface area is 160 Å². The fourth-order valence-corrected chi connectivity index (χ4v) is 3.32. The van der Waals surface area contributed by atoms with Crippen molar-refractivity contribution in [3.8, 4) is 0 Å². The van der Waals surface area contributed by atoms with E-state index in [0.29, 0.717) is 17.8 Å².